The van der Waals surface area contributed by atoms with Crippen molar-refractivity contribution in [3.05, 3.63) is 288 Å². The van der Waals surface area contributed by atoms with Gasteiger partial charge in [-0.1, -0.05) is 188 Å². The van der Waals surface area contributed by atoms with E-state index in [1.165, 1.54) is 23.3 Å². The molecule has 724 valence electrons. The van der Waals surface area contributed by atoms with Crippen LogP contribution in [0, 0.1) is 0 Å². The van der Waals surface area contributed by atoms with Crippen molar-refractivity contribution in [1.82, 2.24) is 0 Å². The summed E-state index contributed by atoms with van der Waals surface area (Å²) in [5, 5.41) is 28.6. The molecular weight excluding hydrogens is 2210 g/mol. The average Bonchev–Trinajstić information content (AvgIpc) is 1.43. The summed E-state index contributed by atoms with van der Waals surface area (Å²) in [6.07, 6.45) is 0. The molecule has 0 amide bonds. The third kappa shape index (κ3) is 24.3. The summed E-state index contributed by atoms with van der Waals surface area (Å²) in [7, 11) is -4.78. The summed E-state index contributed by atoms with van der Waals surface area (Å²) in [6.45, 7) is 24.5. The fraction of sp³-hybridized carbons (Fsp3) is 0.231. The maximum atomic E-state index is 12.6. The van der Waals surface area contributed by atoms with Gasteiger partial charge in [0.25, 0.3) is 0 Å². The Morgan fingerprint density at radius 3 is 0.971 bits per heavy atom. The Bertz CT molecular complexity index is 6960. The molecule has 3 saturated heterocycles. The Morgan fingerprint density at radius 1 is 0.353 bits per heavy atom. The molecule has 0 bridgehead atoms. The molecule has 2 N–H and O–H groups in total. The van der Waals surface area contributed by atoms with Gasteiger partial charge in [0.1, 0.15) is 69.0 Å². The number of rotatable bonds is 6. The Hall–Kier alpha value is -8.95. The molecule has 0 aromatic heterocycles. The first-order valence-corrected chi connectivity index (χ1v) is 51.0. The van der Waals surface area contributed by atoms with Gasteiger partial charge in [-0.05, 0) is 239 Å². The van der Waals surface area contributed by atoms with Crippen LogP contribution in [0.25, 0.3) is 98.4 Å². The van der Waals surface area contributed by atoms with E-state index in [0.29, 0.717) is 22.6 Å². The largest absolute Gasteiger partial charge is 0.534 e. The minimum atomic E-state index is -5.76. The molecule has 22 rings (SSSR count). The van der Waals surface area contributed by atoms with Gasteiger partial charge >= 0.3 is 39.9 Å². The molecule has 35 heteroatoms. The van der Waals surface area contributed by atoms with Crippen LogP contribution >= 0.6 is 126 Å². The fourth-order valence-corrected chi connectivity index (χ4v) is 16.8. The Balaban J connectivity index is 0.000000146. The van der Waals surface area contributed by atoms with Crippen molar-refractivity contribution < 1.29 is 98.1 Å². The number of methoxy groups -OCH3 is 2. The third-order valence-corrected chi connectivity index (χ3v) is 27.3. The highest BCUT2D eigenvalue weighted by atomic mass is 79.9. The minimum absolute atomic E-state index is 0.194. The van der Waals surface area contributed by atoms with Crippen LogP contribution in [0.2, 0.25) is 0 Å². The second kappa shape index (κ2) is 46.2. The predicted molar refractivity (Wildman–Crippen MR) is 576 cm³/mol. The topological polar surface area (TPSA) is 195 Å². The van der Waals surface area contributed by atoms with Crippen LogP contribution in [0.15, 0.2) is 288 Å². The van der Waals surface area contributed by atoms with E-state index in [-0.39, 0.29) is 65.7 Å². The zero-order chi connectivity index (χ0) is 102. The molecule has 3 fully saturated rings. The number of hydrogen-bond donors (Lipinski definition) is 2. The lowest BCUT2D eigenvalue weighted by Crippen LogP contribution is -2.41. The van der Waals surface area contributed by atoms with Gasteiger partial charge in [0.15, 0.2) is 5.75 Å². The first-order chi connectivity index (χ1) is 66.4. The van der Waals surface area contributed by atoms with Crippen molar-refractivity contribution in [2.24, 2.45) is 0 Å². The predicted octanol–water partition coefficient (Wildman–Crippen LogP) is 32.3. The van der Waals surface area contributed by atoms with E-state index < -0.39 is 42.5 Å². The van der Waals surface area contributed by atoms with Gasteiger partial charge in [-0.15, -0.1) is 93.7 Å². The molecule has 0 aliphatic carbocycles. The molecule has 15 aromatic rings. The highest BCUT2D eigenvalue weighted by Gasteiger charge is 2.64. The van der Waals surface area contributed by atoms with Crippen LogP contribution < -0.4 is 38.1 Å². The normalized spacial score (nSPS) is 15.4. The van der Waals surface area contributed by atoms with Crippen LogP contribution in [0.4, 0.5) is 17.6 Å². The van der Waals surface area contributed by atoms with Crippen molar-refractivity contribution in [2.45, 2.75) is 122 Å². The first kappa shape index (κ1) is 107. The van der Waals surface area contributed by atoms with Crippen LogP contribution in [0.1, 0.15) is 84.5 Å². The molecule has 0 radical (unpaired) electrons. The van der Waals surface area contributed by atoms with E-state index in [4.69, 9.17) is 104 Å². The Morgan fingerprint density at radius 2 is 0.604 bits per heavy atom. The third-order valence-electron chi connectivity index (χ3n) is 24.4. The van der Waals surface area contributed by atoms with Gasteiger partial charge < -0.3 is 70.7 Å². The number of benzene rings is 15. The molecule has 7 aliphatic heterocycles. The average molecular weight is 2310 g/mol. The van der Waals surface area contributed by atoms with Gasteiger partial charge in [0.05, 0.1) is 67.0 Å². The lowest BCUT2D eigenvalue weighted by atomic mass is 9.49. The van der Waals surface area contributed by atoms with Gasteiger partial charge in [0, 0.05) is 79.7 Å². The number of hydrogen-bond acceptors (Lipinski definition) is 17. The standard InChI is InChI=1S/C22H21BO3.C17H9F3O4S.C17H12O2.C16H10O2.C12H24B2O4.C11H10O2.C6H4Br2.2CH2Cl2.CH3F.BBr3/c1-21(2)22(3,4)26-23(25-21)17-12-13-19-20-15(9-7-10-16(17)20)14-8-5-6-11-18(14)24-19;18-17(19,20)25(21,22)24-14-8-9-15-16-11(5-3-6-12(14)16)10-4-1-2-7-13(10)23-15;1-18-14-9-10-16-17-12(6-4-7-13(14)17)11-5-2-3-8-15(11)19-16;17-13-8-9-15-16-11(5-3-6-12(13)16)10-4-1-2-7-14(10)18-15;1-9(2)10(3,4)16-13(15-9)14-17-11(5,6)12(7,8)18-14;1-13-11-7-6-10(12)8-4-2-3-5-9(8)11;7-5-3-1-2-4-6(5)8;2*2-1-3;1-2;2-1(3)4/h5-13H,1-4H3;1-9H;2-10H,1H3;1-9,17H;1-8H3;2-7,12H,1H3;1-4H;2*1H2;1H3;/i;;;;;;;;;1D;. The summed E-state index contributed by atoms with van der Waals surface area (Å²) in [4.78, 5) is 0. The molecular formula is C104H97B4Br5Cl4F4O17S. The number of phenolic OH excluding ortho intramolecular Hbond substituents is 2. The van der Waals surface area contributed by atoms with E-state index in [0.717, 1.165) is 143 Å². The van der Waals surface area contributed by atoms with Crippen molar-refractivity contribution in [3.8, 4) is 119 Å². The van der Waals surface area contributed by atoms with Crippen molar-refractivity contribution >= 4 is 219 Å². The maximum Gasteiger partial charge on any atom is 0.534 e. The van der Waals surface area contributed by atoms with Crippen molar-refractivity contribution in [3.63, 3.8) is 0 Å². The van der Waals surface area contributed by atoms with E-state index in [9.17, 15) is 36.2 Å². The lowest BCUT2D eigenvalue weighted by Gasteiger charge is -2.32. The van der Waals surface area contributed by atoms with Crippen LogP contribution in [-0.2, 0) is 38.0 Å². The molecule has 0 unspecified atom stereocenters. The second-order valence-electron chi connectivity index (χ2n) is 34.4. The number of phenols is 2. The molecule has 0 spiro atoms. The fourth-order valence-electron chi connectivity index (χ4n) is 15.7. The molecule has 7 heterocycles. The maximum absolute atomic E-state index is 12.6. The van der Waals surface area contributed by atoms with Crippen LogP contribution in [-0.4, -0.2) is 114 Å². The first-order valence-electron chi connectivity index (χ1n) is 43.9. The summed E-state index contributed by atoms with van der Waals surface area (Å²) < 4.78 is 154. The minimum Gasteiger partial charge on any atom is -0.507 e. The second-order valence-corrected chi connectivity index (χ2v) is 45.7. The molecule has 139 heavy (non-hydrogen) atoms. The zero-order valence-corrected chi connectivity index (χ0v) is 89.6. The number of para-hydroxylation sites is 4. The van der Waals surface area contributed by atoms with E-state index in [1.54, 1.807) is 62.8 Å². The monoisotopic (exact) mass is 2310 g/mol. The van der Waals surface area contributed by atoms with Crippen LogP contribution in [0.3, 0.4) is 0 Å². The van der Waals surface area contributed by atoms with Crippen molar-refractivity contribution in [2.75, 3.05) is 32.1 Å². The quantitative estimate of drug-likeness (QED) is 0.0524. The lowest BCUT2D eigenvalue weighted by molar-refractivity contribution is -0.0499. The van der Waals surface area contributed by atoms with Crippen molar-refractivity contribution in [1.29, 1.82) is 0 Å². The highest BCUT2D eigenvalue weighted by Crippen LogP contribution is 2.54. The van der Waals surface area contributed by atoms with E-state index in [1.807, 2.05) is 207 Å². The van der Waals surface area contributed by atoms with Gasteiger partial charge in [0.2, 0.25) is 0 Å². The van der Waals surface area contributed by atoms with E-state index >= 15 is 0 Å². The summed E-state index contributed by atoms with van der Waals surface area (Å²) in [6, 6.07) is 87.9. The number of fused-ring (bicyclic) bond motifs is 9. The van der Waals surface area contributed by atoms with Crippen LogP contribution in [0.5, 0.6) is 74.7 Å². The zero-order valence-electron chi connectivity index (χ0n) is 78.8. The Labute approximate surface area is 871 Å². The summed E-state index contributed by atoms with van der Waals surface area (Å²) in [5.41, 5.74) is 1.70. The molecule has 0 atom stereocenters. The Kier molecular flexibility index (Phi) is 35.7. The van der Waals surface area contributed by atoms with Gasteiger partial charge in [-0.3, -0.25) is 4.39 Å². The molecule has 17 nitrogen and oxygen atoms in total. The van der Waals surface area contributed by atoms with Gasteiger partial charge in [-0.25, -0.2) is 0 Å². The highest BCUT2D eigenvalue weighted by molar-refractivity contribution is 9.69. The number of halogens is 13. The molecule has 0 saturated carbocycles. The number of alkyl halides is 8. The summed E-state index contributed by atoms with van der Waals surface area (Å²) >= 11 is 35.1. The number of ether oxygens (including phenoxy) is 6. The SMILES string of the molecule is BrB(Br)Br.Brc1ccccc1Br.CC1(C)OB(B2OC(C)(C)C(C)(C)O2)OC1(C)C.CC1(C)OB(c2ccc3c4c(cccc24)-c2ccccc2O3)OC1(C)C.COc1ccc(O)c2ccccc12.COc1ccc2c3c(cccc13)-c1ccccc1O2.ClCCl.ClCCl.O=S(=O)(Oc1ccc2c3c(cccc13)-c1ccccc1O2)C(F)(F)F.Oc1ccc2c3c(cccc13)-c1ccccc1O2.[2H]CF. The van der Waals surface area contributed by atoms with Gasteiger partial charge in [-0.2, -0.15) is 21.6 Å². The van der Waals surface area contributed by atoms with E-state index in [2.05, 4.69) is 172 Å². The molecule has 7 aliphatic rings. The number of aromatic hydroxyl groups is 2. The smallest absolute Gasteiger partial charge is 0.507 e. The molecule has 15 aromatic carbocycles. The summed E-state index contributed by atoms with van der Waals surface area (Å²) in [5.74, 6) is 8.12.